The van der Waals surface area contributed by atoms with Gasteiger partial charge in [0.25, 0.3) is 0 Å². The second-order valence-corrected chi connectivity index (χ2v) is 10.1. The number of carbonyl (C=O) groups excluding carboxylic acids is 3. The van der Waals surface area contributed by atoms with Crippen LogP contribution in [0, 0.1) is 10.8 Å². The van der Waals surface area contributed by atoms with Crippen LogP contribution in [-0.2, 0) is 24.0 Å². The van der Waals surface area contributed by atoms with Gasteiger partial charge in [0.15, 0.2) is 0 Å². The van der Waals surface area contributed by atoms with Gasteiger partial charge in [-0.15, -0.1) is 0 Å². The van der Waals surface area contributed by atoms with Gasteiger partial charge in [0, 0.05) is 19.3 Å². The van der Waals surface area contributed by atoms with E-state index in [-0.39, 0.29) is 37.4 Å². The molecule has 2 amide bonds. The molecule has 0 aromatic carbocycles. The molecule has 0 spiro atoms. The molecule has 0 aromatic rings. The number of hydrogen-bond acceptors (Lipinski definition) is 5. The van der Waals surface area contributed by atoms with Crippen LogP contribution >= 0.6 is 0 Å². The van der Waals surface area contributed by atoms with Crippen LogP contribution in [-0.4, -0.2) is 51.8 Å². The van der Waals surface area contributed by atoms with Crippen molar-refractivity contribution >= 4 is 29.5 Å². The van der Waals surface area contributed by atoms with E-state index in [4.69, 9.17) is 0 Å². The molecule has 0 rings (SSSR count). The molecule has 0 bridgehead atoms. The molecule has 4 N–H and O–H groups in total. The SMILES string of the molecule is CCCC(NC(=O)CC(C)(C)CCC(C)(C)CC(=O)N[C@H](CCC(C)=O)C(=O)O)C(=O)O. The average molecular weight is 457 g/mol. The van der Waals surface area contributed by atoms with Crippen molar-refractivity contribution in [2.75, 3.05) is 0 Å². The minimum atomic E-state index is -1.17. The Balaban J connectivity index is 4.76. The zero-order valence-corrected chi connectivity index (χ0v) is 20.2. The monoisotopic (exact) mass is 456 g/mol. The number of carboxylic acid groups (broad SMARTS) is 2. The lowest BCUT2D eigenvalue weighted by molar-refractivity contribution is -0.142. The second kappa shape index (κ2) is 13.2. The maximum Gasteiger partial charge on any atom is 0.326 e. The van der Waals surface area contributed by atoms with Gasteiger partial charge in [-0.1, -0.05) is 41.0 Å². The summed E-state index contributed by atoms with van der Waals surface area (Å²) in [5.74, 6) is -3.08. The Morgan fingerprint density at radius 3 is 1.44 bits per heavy atom. The standard InChI is InChI=1S/C23H40N2O7/c1-7-8-16(20(29)30)24-18(27)13-22(3,4)11-12-23(5,6)14-19(28)25-17(21(31)32)10-9-15(2)26/h16-17H,7-14H2,1-6H3,(H,24,27)(H,25,28)(H,29,30)(H,31,32)/t16?,17-/m1/s1. The summed E-state index contributed by atoms with van der Waals surface area (Å²) in [7, 11) is 0. The summed E-state index contributed by atoms with van der Waals surface area (Å²) in [5.41, 5.74) is -0.842. The van der Waals surface area contributed by atoms with Crippen LogP contribution in [0.3, 0.4) is 0 Å². The first kappa shape index (κ1) is 29.5. The Bertz CT molecular complexity index is 686. The zero-order chi connectivity index (χ0) is 25.1. The van der Waals surface area contributed by atoms with Gasteiger partial charge in [0.05, 0.1) is 0 Å². The number of hydrogen-bond donors (Lipinski definition) is 4. The van der Waals surface area contributed by atoms with Crippen LogP contribution in [0.4, 0.5) is 0 Å². The Hall–Kier alpha value is -2.45. The summed E-state index contributed by atoms with van der Waals surface area (Å²) in [5, 5.41) is 23.5. The van der Waals surface area contributed by atoms with Crippen molar-refractivity contribution in [1.82, 2.24) is 10.6 Å². The predicted molar refractivity (Wildman–Crippen MR) is 120 cm³/mol. The van der Waals surface area contributed by atoms with Gasteiger partial charge in [0.1, 0.15) is 17.9 Å². The molecule has 0 aliphatic heterocycles. The number of nitrogens with one attached hydrogen (secondary N) is 2. The van der Waals surface area contributed by atoms with Gasteiger partial charge in [0.2, 0.25) is 11.8 Å². The molecule has 184 valence electrons. The van der Waals surface area contributed by atoms with E-state index in [9.17, 15) is 34.2 Å². The van der Waals surface area contributed by atoms with Crippen molar-refractivity contribution in [1.29, 1.82) is 0 Å². The van der Waals surface area contributed by atoms with Crippen LogP contribution < -0.4 is 10.6 Å². The molecule has 2 atom stereocenters. The molecule has 9 heteroatoms. The zero-order valence-electron chi connectivity index (χ0n) is 20.2. The van der Waals surface area contributed by atoms with Crippen LogP contribution in [0.1, 0.15) is 92.9 Å². The van der Waals surface area contributed by atoms with Gasteiger partial charge < -0.3 is 25.6 Å². The summed E-state index contributed by atoms with van der Waals surface area (Å²) >= 11 is 0. The fraction of sp³-hybridized carbons (Fsp3) is 0.783. The third kappa shape index (κ3) is 13.1. The average Bonchev–Trinajstić information content (AvgIpc) is 2.62. The van der Waals surface area contributed by atoms with Gasteiger partial charge in [-0.05, 0) is 43.4 Å². The summed E-state index contributed by atoms with van der Waals surface area (Å²) in [4.78, 5) is 58.4. The van der Waals surface area contributed by atoms with Crippen molar-refractivity contribution in [3.63, 3.8) is 0 Å². The van der Waals surface area contributed by atoms with E-state index in [1.807, 2.05) is 34.6 Å². The van der Waals surface area contributed by atoms with Gasteiger partial charge in [-0.2, -0.15) is 0 Å². The lowest BCUT2D eigenvalue weighted by atomic mass is 9.75. The van der Waals surface area contributed by atoms with E-state index in [2.05, 4.69) is 10.6 Å². The third-order valence-corrected chi connectivity index (χ3v) is 5.39. The Morgan fingerprint density at radius 1 is 0.750 bits per heavy atom. The van der Waals surface area contributed by atoms with Crippen LogP contribution in [0.25, 0.3) is 0 Å². The van der Waals surface area contributed by atoms with E-state index >= 15 is 0 Å². The number of carbonyl (C=O) groups is 5. The molecule has 0 radical (unpaired) electrons. The second-order valence-electron chi connectivity index (χ2n) is 10.1. The first-order chi connectivity index (χ1) is 14.6. The van der Waals surface area contributed by atoms with Crippen molar-refractivity contribution in [2.24, 2.45) is 10.8 Å². The number of Topliss-reactive ketones (excluding diaryl/α,β-unsaturated/α-hetero) is 1. The first-order valence-corrected chi connectivity index (χ1v) is 11.1. The van der Waals surface area contributed by atoms with E-state index < -0.39 is 40.8 Å². The largest absolute Gasteiger partial charge is 0.480 e. The number of rotatable bonds is 16. The Labute approximate surface area is 190 Å². The lowest BCUT2D eigenvalue weighted by Crippen LogP contribution is -2.43. The normalized spacial score (nSPS) is 13.7. The molecule has 0 heterocycles. The van der Waals surface area contributed by atoms with Crippen LogP contribution in [0.15, 0.2) is 0 Å². The van der Waals surface area contributed by atoms with Gasteiger partial charge >= 0.3 is 11.9 Å². The minimum absolute atomic E-state index is 0.0499. The highest BCUT2D eigenvalue weighted by molar-refractivity contribution is 5.85. The number of ketones is 1. The molecule has 0 fully saturated rings. The highest BCUT2D eigenvalue weighted by Crippen LogP contribution is 2.35. The van der Waals surface area contributed by atoms with Gasteiger partial charge in [-0.3, -0.25) is 9.59 Å². The number of carboxylic acids is 2. The molecule has 0 saturated heterocycles. The van der Waals surface area contributed by atoms with Gasteiger partial charge in [-0.25, -0.2) is 9.59 Å². The van der Waals surface area contributed by atoms with E-state index in [0.717, 1.165) is 0 Å². The fourth-order valence-electron chi connectivity index (χ4n) is 3.36. The summed E-state index contributed by atoms with van der Waals surface area (Å²) < 4.78 is 0. The quantitative estimate of drug-likeness (QED) is 0.279. The highest BCUT2D eigenvalue weighted by Gasteiger charge is 2.30. The fourth-order valence-corrected chi connectivity index (χ4v) is 3.36. The van der Waals surface area contributed by atoms with E-state index in [0.29, 0.717) is 25.7 Å². The minimum Gasteiger partial charge on any atom is -0.480 e. The highest BCUT2D eigenvalue weighted by atomic mass is 16.4. The molecule has 32 heavy (non-hydrogen) atoms. The van der Waals surface area contributed by atoms with E-state index in [1.54, 1.807) is 0 Å². The molecule has 0 aliphatic carbocycles. The topological polar surface area (TPSA) is 150 Å². The van der Waals surface area contributed by atoms with Crippen molar-refractivity contribution < 1.29 is 34.2 Å². The lowest BCUT2D eigenvalue weighted by Gasteiger charge is -2.31. The Morgan fingerprint density at radius 2 is 1.12 bits per heavy atom. The summed E-state index contributed by atoms with van der Waals surface area (Å²) in [6, 6.07) is -2.00. The van der Waals surface area contributed by atoms with Crippen LogP contribution in [0.5, 0.6) is 0 Å². The smallest absolute Gasteiger partial charge is 0.326 e. The Kier molecular flexibility index (Phi) is 12.2. The molecule has 0 saturated carbocycles. The van der Waals surface area contributed by atoms with E-state index in [1.165, 1.54) is 6.92 Å². The molecular weight excluding hydrogens is 416 g/mol. The molecule has 0 aliphatic rings. The van der Waals surface area contributed by atoms with Crippen molar-refractivity contribution in [2.45, 2.75) is 105 Å². The first-order valence-electron chi connectivity index (χ1n) is 11.1. The maximum atomic E-state index is 12.4. The molecule has 1 unspecified atom stereocenters. The van der Waals surface area contributed by atoms with Crippen LogP contribution in [0.2, 0.25) is 0 Å². The molecule has 9 nitrogen and oxygen atoms in total. The maximum absolute atomic E-state index is 12.4. The summed E-state index contributed by atoms with van der Waals surface area (Å²) in [6.07, 6.45) is 2.65. The third-order valence-electron chi connectivity index (χ3n) is 5.39. The molecular formula is C23H40N2O7. The predicted octanol–water partition coefficient (Wildman–Crippen LogP) is 2.91. The summed E-state index contributed by atoms with van der Waals surface area (Å²) in [6.45, 7) is 10.9. The number of amides is 2. The van der Waals surface area contributed by atoms with Crippen molar-refractivity contribution in [3.8, 4) is 0 Å². The van der Waals surface area contributed by atoms with Crippen molar-refractivity contribution in [3.05, 3.63) is 0 Å². The molecule has 0 aromatic heterocycles. The number of aliphatic carboxylic acids is 2.